The number of fused-ring (bicyclic) bond motifs is 1. The van der Waals surface area contributed by atoms with Gasteiger partial charge in [0.1, 0.15) is 0 Å². The second kappa shape index (κ2) is 5.02. The van der Waals surface area contributed by atoms with Gasteiger partial charge in [0, 0.05) is 12.2 Å². The van der Waals surface area contributed by atoms with Crippen LogP contribution in [0.1, 0.15) is 15.9 Å². The summed E-state index contributed by atoms with van der Waals surface area (Å²) < 4.78 is 0. The van der Waals surface area contributed by atoms with Gasteiger partial charge in [-0.15, -0.1) is 0 Å². The average Bonchev–Trinajstić information content (AvgIpc) is 2.50. The van der Waals surface area contributed by atoms with Crippen LogP contribution in [0.2, 0.25) is 0 Å². The minimum Gasteiger partial charge on any atom is -0.413 e. The number of benzene rings is 2. The van der Waals surface area contributed by atoms with Crippen LogP contribution in [-0.2, 0) is 6.54 Å². The Bertz CT molecular complexity index is 633. The van der Waals surface area contributed by atoms with Crippen LogP contribution < -0.4 is 4.81 Å². The second-order valence-electron chi connectivity index (χ2n) is 4.89. The van der Waals surface area contributed by atoms with Crippen molar-refractivity contribution in [2.45, 2.75) is 6.54 Å². The third-order valence-corrected chi connectivity index (χ3v) is 3.60. The third kappa shape index (κ3) is 2.06. The number of para-hydroxylation sites is 1. The molecule has 1 amide bonds. The average molecular weight is 266 g/mol. The van der Waals surface area contributed by atoms with E-state index < -0.39 is 7.19 Å². The van der Waals surface area contributed by atoms with Gasteiger partial charge in [-0.2, -0.15) is 0 Å². The molecule has 0 radical (unpaired) electrons. The van der Waals surface area contributed by atoms with Crippen molar-refractivity contribution in [3.63, 3.8) is 0 Å². The first-order chi connectivity index (χ1) is 9.68. The van der Waals surface area contributed by atoms with Gasteiger partial charge in [-0.1, -0.05) is 42.5 Å². The van der Waals surface area contributed by atoms with E-state index in [0.29, 0.717) is 12.1 Å². The van der Waals surface area contributed by atoms with Crippen LogP contribution in [0.5, 0.6) is 0 Å². The summed E-state index contributed by atoms with van der Waals surface area (Å²) in [7, 11) is 0.839. The lowest BCUT2D eigenvalue weighted by Gasteiger charge is -2.37. The van der Waals surface area contributed by atoms with Gasteiger partial charge in [0.25, 0.3) is 0 Å². The predicted octanol–water partition coefficient (Wildman–Crippen LogP) is 1.76. The van der Waals surface area contributed by atoms with Crippen molar-refractivity contribution in [3.8, 4) is 0 Å². The minimum absolute atomic E-state index is 0.143. The van der Waals surface area contributed by atoms with Crippen LogP contribution in [0, 0.1) is 0 Å². The molecule has 100 valence electrons. The highest BCUT2D eigenvalue weighted by Gasteiger charge is 2.39. The smallest absolute Gasteiger partial charge is 0.413 e. The van der Waals surface area contributed by atoms with Crippen LogP contribution >= 0.6 is 0 Å². The van der Waals surface area contributed by atoms with Gasteiger partial charge in [-0.3, -0.25) is 4.79 Å². The fourth-order valence-corrected chi connectivity index (χ4v) is 2.49. The Kier molecular flexibility index (Phi) is 3.20. The Morgan fingerprint density at radius 2 is 1.70 bits per heavy atom. The van der Waals surface area contributed by atoms with E-state index in [1.54, 1.807) is 17.9 Å². The highest BCUT2D eigenvalue weighted by molar-refractivity contribution is 6.57. The van der Waals surface area contributed by atoms with E-state index in [0.717, 1.165) is 11.3 Å². The van der Waals surface area contributed by atoms with Crippen LogP contribution in [-0.4, -0.2) is 30.0 Å². The van der Waals surface area contributed by atoms with Gasteiger partial charge in [0.05, 0.1) is 5.56 Å². The van der Waals surface area contributed by atoms with Gasteiger partial charge in [-0.05, 0) is 24.7 Å². The molecule has 0 aromatic heterocycles. The van der Waals surface area contributed by atoms with E-state index in [-0.39, 0.29) is 5.91 Å². The number of nitrogens with zero attached hydrogens (tertiary/aromatic N) is 2. The molecule has 0 fully saturated rings. The zero-order valence-corrected chi connectivity index (χ0v) is 11.2. The summed E-state index contributed by atoms with van der Waals surface area (Å²) in [6.07, 6.45) is 0. The number of hydrogen-bond donors (Lipinski definition) is 1. The molecule has 20 heavy (non-hydrogen) atoms. The van der Waals surface area contributed by atoms with Crippen molar-refractivity contribution in [2.75, 3.05) is 11.9 Å². The van der Waals surface area contributed by atoms with Crippen molar-refractivity contribution in [1.29, 1.82) is 0 Å². The topological polar surface area (TPSA) is 43.8 Å². The van der Waals surface area contributed by atoms with Crippen molar-refractivity contribution in [1.82, 2.24) is 4.81 Å². The summed E-state index contributed by atoms with van der Waals surface area (Å²) in [6, 6.07) is 17.0. The maximum Gasteiger partial charge on any atom is 0.548 e. The minimum atomic E-state index is -0.947. The van der Waals surface area contributed by atoms with Gasteiger partial charge < -0.3 is 14.6 Å². The molecular formula is C15H15BN2O2. The van der Waals surface area contributed by atoms with Crippen LogP contribution in [0.4, 0.5) is 5.69 Å². The first-order valence-electron chi connectivity index (χ1n) is 6.53. The summed E-state index contributed by atoms with van der Waals surface area (Å²) >= 11 is 0. The van der Waals surface area contributed by atoms with E-state index in [2.05, 4.69) is 0 Å². The molecule has 0 saturated carbocycles. The Labute approximate surface area is 118 Å². The highest BCUT2D eigenvalue weighted by Crippen LogP contribution is 2.28. The number of carbonyl (C=O) groups is 1. The molecule has 0 unspecified atom stereocenters. The summed E-state index contributed by atoms with van der Waals surface area (Å²) in [4.78, 5) is 15.7. The fourth-order valence-electron chi connectivity index (χ4n) is 2.49. The Morgan fingerprint density at radius 1 is 1.05 bits per heavy atom. The number of rotatable bonds is 2. The Balaban J connectivity index is 1.95. The van der Waals surface area contributed by atoms with Crippen molar-refractivity contribution >= 4 is 18.8 Å². The maximum atomic E-state index is 12.5. The predicted molar refractivity (Wildman–Crippen MR) is 79.1 cm³/mol. The largest absolute Gasteiger partial charge is 0.548 e. The van der Waals surface area contributed by atoms with E-state index in [4.69, 9.17) is 0 Å². The third-order valence-electron chi connectivity index (χ3n) is 3.60. The number of anilines is 1. The first-order valence-corrected chi connectivity index (χ1v) is 6.53. The lowest BCUT2D eigenvalue weighted by Crippen LogP contribution is -2.57. The van der Waals surface area contributed by atoms with E-state index >= 15 is 0 Å². The highest BCUT2D eigenvalue weighted by atomic mass is 16.2. The molecule has 2 aromatic rings. The summed E-state index contributed by atoms with van der Waals surface area (Å²) in [5.74, 6) is -0.143. The molecule has 2 aromatic carbocycles. The second-order valence-corrected chi connectivity index (χ2v) is 4.89. The molecule has 5 heteroatoms. The molecular weight excluding hydrogens is 251 g/mol. The number of hydrogen-bond acceptors (Lipinski definition) is 3. The van der Waals surface area contributed by atoms with Crippen LogP contribution in [0.25, 0.3) is 0 Å². The standard InChI is InChI=1S/C15H15BN2O2/c1-17-14-10-6-5-9-13(14)15(19)18(16(17)20)11-12-7-3-2-4-8-12/h2-10,20H,11H2,1H3. The molecule has 0 spiro atoms. The molecule has 1 N–H and O–H groups in total. The monoisotopic (exact) mass is 266 g/mol. The van der Waals surface area contributed by atoms with Crippen molar-refractivity contribution in [3.05, 3.63) is 65.7 Å². The van der Waals surface area contributed by atoms with Crippen molar-refractivity contribution in [2.24, 2.45) is 0 Å². The molecule has 3 rings (SSSR count). The molecule has 1 aliphatic heterocycles. The molecule has 4 nitrogen and oxygen atoms in total. The lowest BCUT2D eigenvalue weighted by atomic mass is 9.86. The Morgan fingerprint density at radius 3 is 2.45 bits per heavy atom. The molecule has 1 aliphatic rings. The van der Waals surface area contributed by atoms with Gasteiger partial charge in [0.15, 0.2) is 0 Å². The van der Waals surface area contributed by atoms with Crippen LogP contribution in [0.3, 0.4) is 0 Å². The molecule has 0 atom stereocenters. The molecule has 1 heterocycles. The quantitative estimate of drug-likeness (QED) is 0.842. The normalized spacial score (nSPS) is 14.5. The van der Waals surface area contributed by atoms with Gasteiger partial charge in [0.2, 0.25) is 5.91 Å². The van der Waals surface area contributed by atoms with Crippen molar-refractivity contribution < 1.29 is 9.82 Å². The fraction of sp³-hybridized carbons (Fsp3) is 0.133. The summed E-state index contributed by atoms with van der Waals surface area (Å²) in [6.45, 7) is 0.388. The number of carbonyl (C=O) groups excluding carboxylic acids is 1. The number of amides is 1. The first kappa shape index (κ1) is 12.8. The molecule has 0 aliphatic carbocycles. The van der Waals surface area contributed by atoms with Gasteiger partial charge in [-0.25, -0.2) is 0 Å². The Hall–Kier alpha value is -2.27. The zero-order valence-electron chi connectivity index (χ0n) is 11.2. The SMILES string of the molecule is CN1B(O)N(Cc2ccccc2)C(=O)c2ccccc21. The molecule has 0 saturated heterocycles. The van der Waals surface area contributed by atoms with Crippen LogP contribution in [0.15, 0.2) is 54.6 Å². The lowest BCUT2D eigenvalue weighted by molar-refractivity contribution is 0.0826. The summed E-state index contributed by atoms with van der Waals surface area (Å²) in [5.41, 5.74) is 2.37. The zero-order chi connectivity index (χ0) is 14.1. The summed E-state index contributed by atoms with van der Waals surface area (Å²) in [5, 5.41) is 10.3. The van der Waals surface area contributed by atoms with E-state index in [9.17, 15) is 9.82 Å². The van der Waals surface area contributed by atoms with E-state index in [1.807, 2.05) is 48.5 Å². The van der Waals surface area contributed by atoms with Gasteiger partial charge >= 0.3 is 7.19 Å². The molecule has 0 bridgehead atoms. The van der Waals surface area contributed by atoms with E-state index in [1.165, 1.54) is 4.81 Å². The maximum absolute atomic E-state index is 12.5.